The standard InChI is InChI=1S/C28H31ClN6O4S/c1-32-19-31-15-24(32)18-34-17-23(13-22-12-21(14-30)6-7-26(22)34)35(16-20-8-10-33(11-9-20)28(36)37)40(38,39)27-5-3-2-4-25(27)29/h2-7,12,15,19-20,23H,8-11,13,16-18H2,1H3,(H,36,37). The van der Waals surface area contributed by atoms with Crippen molar-refractivity contribution in [3.63, 3.8) is 0 Å². The van der Waals surface area contributed by atoms with Gasteiger partial charge in [-0.05, 0) is 61.1 Å². The molecule has 3 heterocycles. The Labute approximate surface area is 239 Å². The van der Waals surface area contributed by atoms with E-state index in [2.05, 4.69) is 16.0 Å². The van der Waals surface area contributed by atoms with E-state index in [9.17, 15) is 23.6 Å². The summed E-state index contributed by atoms with van der Waals surface area (Å²) in [5, 5.41) is 19.1. The molecule has 2 aromatic carbocycles. The minimum atomic E-state index is -4.01. The second kappa shape index (κ2) is 11.5. The number of rotatable bonds is 7. The Kier molecular flexibility index (Phi) is 8.03. The molecule has 0 saturated carbocycles. The first-order valence-electron chi connectivity index (χ1n) is 13.1. The maximum Gasteiger partial charge on any atom is 0.407 e. The molecule has 0 radical (unpaired) electrons. The number of sulfonamides is 1. The Hall–Kier alpha value is -3.59. The fourth-order valence-corrected chi connectivity index (χ4v) is 7.84. The largest absolute Gasteiger partial charge is 0.465 e. The molecular formula is C28H31ClN6O4S. The zero-order chi connectivity index (χ0) is 28.4. The van der Waals surface area contributed by atoms with E-state index in [1.807, 2.05) is 23.7 Å². The Morgan fingerprint density at radius 1 is 1.23 bits per heavy atom. The van der Waals surface area contributed by atoms with Crippen LogP contribution in [0, 0.1) is 17.2 Å². The summed E-state index contributed by atoms with van der Waals surface area (Å²) in [7, 11) is -2.09. The molecule has 1 N–H and O–H groups in total. The van der Waals surface area contributed by atoms with E-state index in [-0.39, 0.29) is 22.4 Å². The second-order valence-corrected chi connectivity index (χ2v) is 12.7. The van der Waals surface area contributed by atoms with Crippen LogP contribution in [-0.4, -0.2) is 70.6 Å². The topological polar surface area (TPSA) is 123 Å². The molecule has 0 spiro atoms. The number of imidazole rings is 1. The lowest BCUT2D eigenvalue weighted by Crippen LogP contribution is -2.53. The van der Waals surface area contributed by atoms with Crippen molar-refractivity contribution in [2.75, 3.05) is 31.1 Å². The molecule has 2 aliphatic heterocycles. The van der Waals surface area contributed by atoms with E-state index < -0.39 is 22.2 Å². The molecule has 1 atom stereocenters. The van der Waals surface area contributed by atoms with Crippen LogP contribution in [0.5, 0.6) is 0 Å². The summed E-state index contributed by atoms with van der Waals surface area (Å²) in [6.45, 7) is 1.93. The number of carboxylic acid groups (broad SMARTS) is 1. The number of hydrogen-bond donors (Lipinski definition) is 1. The number of carbonyl (C=O) groups is 1. The van der Waals surface area contributed by atoms with Gasteiger partial charge in [-0.3, -0.25) is 0 Å². The fraction of sp³-hybridized carbons (Fsp3) is 0.393. The zero-order valence-electron chi connectivity index (χ0n) is 22.1. The predicted octanol–water partition coefficient (Wildman–Crippen LogP) is 3.96. The summed E-state index contributed by atoms with van der Waals surface area (Å²) < 4.78 is 32.0. The SMILES string of the molecule is Cn1cncc1CN1CC(N(CC2CCN(C(=O)O)CC2)S(=O)(=O)c2ccccc2Cl)Cc2cc(C#N)ccc21. The fourth-order valence-electron chi connectivity index (χ4n) is 5.66. The molecule has 1 saturated heterocycles. The van der Waals surface area contributed by atoms with E-state index >= 15 is 0 Å². The molecular weight excluding hydrogens is 552 g/mol. The van der Waals surface area contributed by atoms with Gasteiger partial charge in [-0.1, -0.05) is 23.7 Å². The highest BCUT2D eigenvalue weighted by Crippen LogP contribution is 2.35. The van der Waals surface area contributed by atoms with Crippen molar-refractivity contribution in [1.82, 2.24) is 18.8 Å². The van der Waals surface area contributed by atoms with Gasteiger partial charge in [0.05, 0.1) is 35.2 Å². The summed E-state index contributed by atoms with van der Waals surface area (Å²) in [6.07, 6.45) is 4.14. The number of aryl methyl sites for hydroxylation is 1. The smallest absolute Gasteiger partial charge is 0.407 e. The Balaban J connectivity index is 1.53. The van der Waals surface area contributed by atoms with E-state index in [0.717, 1.165) is 16.9 Å². The molecule has 2 aliphatic rings. The Morgan fingerprint density at radius 2 is 1.98 bits per heavy atom. The van der Waals surface area contributed by atoms with E-state index in [4.69, 9.17) is 11.6 Å². The molecule has 40 heavy (non-hydrogen) atoms. The van der Waals surface area contributed by atoms with Crippen molar-refractivity contribution in [3.8, 4) is 6.07 Å². The highest BCUT2D eigenvalue weighted by atomic mass is 35.5. The van der Waals surface area contributed by atoms with Gasteiger partial charge in [0.25, 0.3) is 0 Å². The quantitative estimate of drug-likeness (QED) is 0.447. The highest BCUT2D eigenvalue weighted by Gasteiger charge is 2.39. The number of benzene rings is 2. The van der Waals surface area contributed by atoms with Gasteiger partial charge >= 0.3 is 6.09 Å². The Morgan fingerprint density at radius 3 is 2.62 bits per heavy atom. The maximum atomic E-state index is 14.3. The van der Waals surface area contributed by atoms with Gasteiger partial charge in [-0.2, -0.15) is 9.57 Å². The van der Waals surface area contributed by atoms with Crippen LogP contribution in [0.3, 0.4) is 0 Å². The van der Waals surface area contributed by atoms with Crippen molar-refractivity contribution in [3.05, 3.63) is 76.8 Å². The highest BCUT2D eigenvalue weighted by molar-refractivity contribution is 7.89. The minimum absolute atomic E-state index is 0.00905. The molecule has 0 bridgehead atoms. The van der Waals surface area contributed by atoms with E-state index in [1.54, 1.807) is 41.1 Å². The van der Waals surface area contributed by atoms with Crippen molar-refractivity contribution in [2.45, 2.75) is 36.7 Å². The van der Waals surface area contributed by atoms with Crippen molar-refractivity contribution >= 4 is 33.4 Å². The van der Waals surface area contributed by atoms with Crippen LogP contribution in [-0.2, 0) is 30.0 Å². The van der Waals surface area contributed by atoms with Crippen LogP contribution in [0.15, 0.2) is 59.9 Å². The first-order chi connectivity index (χ1) is 19.2. The van der Waals surface area contributed by atoms with Gasteiger partial charge in [0, 0.05) is 51.2 Å². The number of nitrogens with zero attached hydrogens (tertiary/aromatic N) is 6. The first kappa shape index (κ1) is 28.0. The number of fused-ring (bicyclic) bond motifs is 1. The first-order valence-corrected chi connectivity index (χ1v) is 15.0. The maximum absolute atomic E-state index is 14.3. The molecule has 0 aliphatic carbocycles. The number of hydrogen-bond acceptors (Lipinski definition) is 6. The summed E-state index contributed by atoms with van der Waals surface area (Å²) in [5.41, 5.74) is 3.35. The molecule has 12 heteroatoms. The second-order valence-electron chi connectivity index (χ2n) is 10.4. The number of nitriles is 1. The molecule has 3 aromatic rings. The summed E-state index contributed by atoms with van der Waals surface area (Å²) in [6, 6.07) is 13.8. The van der Waals surface area contributed by atoms with Crippen molar-refractivity contribution in [1.29, 1.82) is 5.26 Å². The summed E-state index contributed by atoms with van der Waals surface area (Å²) >= 11 is 6.42. The molecule has 1 aromatic heterocycles. The normalized spacial score (nSPS) is 18.0. The molecule has 10 nitrogen and oxygen atoms in total. The summed E-state index contributed by atoms with van der Waals surface area (Å²) in [5.74, 6) is -0.00905. The van der Waals surface area contributed by atoms with Gasteiger partial charge in [-0.15, -0.1) is 0 Å². The average molecular weight is 583 g/mol. The van der Waals surface area contributed by atoms with Crippen LogP contribution in [0.1, 0.15) is 29.7 Å². The third kappa shape index (κ3) is 5.66. The minimum Gasteiger partial charge on any atom is -0.465 e. The van der Waals surface area contributed by atoms with Crippen LogP contribution >= 0.6 is 11.6 Å². The molecule has 1 amide bonds. The lowest BCUT2D eigenvalue weighted by Gasteiger charge is -2.42. The number of aromatic nitrogens is 2. The third-order valence-electron chi connectivity index (χ3n) is 7.86. The van der Waals surface area contributed by atoms with Gasteiger partial charge in [0.2, 0.25) is 10.0 Å². The number of anilines is 1. The molecule has 1 fully saturated rings. The predicted molar refractivity (Wildman–Crippen MR) is 151 cm³/mol. The number of halogens is 1. The van der Waals surface area contributed by atoms with Gasteiger partial charge < -0.3 is 19.5 Å². The van der Waals surface area contributed by atoms with Crippen molar-refractivity contribution in [2.24, 2.45) is 13.0 Å². The van der Waals surface area contributed by atoms with Crippen LogP contribution in [0.2, 0.25) is 5.02 Å². The zero-order valence-corrected chi connectivity index (χ0v) is 23.7. The van der Waals surface area contributed by atoms with Crippen LogP contribution in [0.4, 0.5) is 10.5 Å². The monoisotopic (exact) mass is 582 g/mol. The number of amides is 1. The van der Waals surface area contributed by atoms with E-state index in [1.165, 1.54) is 11.0 Å². The van der Waals surface area contributed by atoms with Crippen LogP contribution in [0.25, 0.3) is 0 Å². The van der Waals surface area contributed by atoms with Crippen molar-refractivity contribution < 1.29 is 18.3 Å². The molecule has 5 rings (SSSR count). The lowest BCUT2D eigenvalue weighted by molar-refractivity contribution is 0.118. The van der Waals surface area contributed by atoms with Crippen LogP contribution < -0.4 is 4.90 Å². The molecule has 210 valence electrons. The van der Waals surface area contributed by atoms with Gasteiger partial charge in [-0.25, -0.2) is 18.2 Å². The molecule has 1 unspecified atom stereocenters. The third-order valence-corrected chi connectivity index (χ3v) is 10.3. The average Bonchev–Trinajstić information content (AvgIpc) is 3.35. The van der Waals surface area contributed by atoms with Gasteiger partial charge in [0.15, 0.2) is 0 Å². The number of likely N-dealkylation sites (tertiary alicyclic amines) is 1. The van der Waals surface area contributed by atoms with E-state index in [0.29, 0.717) is 51.0 Å². The lowest BCUT2D eigenvalue weighted by atomic mass is 9.93. The van der Waals surface area contributed by atoms with Gasteiger partial charge in [0.1, 0.15) is 4.90 Å². The number of piperidine rings is 1. The summed E-state index contributed by atoms with van der Waals surface area (Å²) in [4.78, 5) is 19.2. The Bertz CT molecular complexity index is 1540.